The Bertz CT molecular complexity index is 614. The minimum absolute atomic E-state index is 0.152. The van der Waals surface area contributed by atoms with Gasteiger partial charge in [-0.1, -0.05) is 36.4 Å². The number of Topliss-reactive ketones (excluding diaryl/α,β-unsaturated/α-hetero) is 1. The van der Waals surface area contributed by atoms with Crippen molar-refractivity contribution in [3.63, 3.8) is 0 Å². The third-order valence-corrected chi connectivity index (χ3v) is 2.96. The molecule has 2 aromatic rings. The summed E-state index contributed by atoms with van der Waals surface area (Å²) < 4.78 is 0. The van der Waals surface area contributed by atoms with Crippen LogP contribution in [0, 0.1) is 0 Å². The van der Waals surface area contributed by atoms with Crippen molar-refractivity contribution in [2.24, 2.45) is 0 Å². The topological polar surface area (TPSA) is 30.0 Å². The molecule has 0 spiro atoms. The van der Waals surface area contributed by atoms with Crippen molar-refractivity contribution in [2.75, 3.05) is 0 Å². The predicted octanol–water partition coefficient (Wildman–Crippen LogP) is 2.99. The summed E-state index contributed by atoms with van der Waals surface area (Å²) in [5.74, 6) is 0.152. The van der Waals surface area contributed by atoms with Crippen molar-refractivity contribution in [1.29, 1.82) is 0 Å². The van der Waals surface area contributed by atoms with Crippen LogP contribution in [0.5, 0.6) is 0 Å². The zero-order valence-corrected chi connectivity index (χ0v) is 9.26. The molecular weight excluding hydrogens is 210 g/mol. The van der Waals surface area contributed by atoms with E-state index < -0.39 is 0 Å². The van der Waals surface area contributed by atoms with Gasteiger partial charge in [-0.15, -0.1) is 0 Å². The Labute approximate surface area is 99.6 Å². The van der Waals surface area contributed by atoms with E-state index in [1.54, 1.807) is 6.20 Å². The maximum Gasteiger partial charge on any atom is 0.167 e. The van der Waals surface area contributed by atoms with Crippen molar-refractivity contribution < 1.29 is 4.79 Å². The molecule has 1 heterocycles. The van der Waals surface area contributed by atoms with E-state index in [4.69, 9.17) is 0 Å². The first-order valence-corrected chi connectivity index (χ1v) is 5.59. The zero-order chi connectivity index (χ0) is 11.7. The van der Waals surface area contributed by atoms with Crippen LogP contribution in [0.4, 0.5) is 0 Å². The molecule has 3 rings (SSSR count). The first kappa shape index (κ1) is 9.97. The quantitative estimate of drug-likeness (QED) is 0.684. The summed E-state index contributed by atoms with van der Waals surface area (Å²) in [6.45, 7) is 0. The lowest BCUT2D eigenvalue weighted by atomic mass is 9.94. The van der Waals surface area contributed by atoms with Crippen molar-refractivity contribution in [2.45, 2.75) is 6.42 Å². The summed E-state index contributed by atoms with van der Waals surface area (Å²) in [4.78, 5) is 16.4. The highest BCUT2D eigenvalue weighted by molar-refractivity contribution is 6.02. The highest BCUT2D eigenvalue weighted by atomic mass is 16.1. The summed E-state index contributed by atoms with van der Waals surface area (Å²) in [5.41, 5.74) is 3.63. The Morgan fingerprint density at radius 2 is 1.88 bits per heavy atom. The molecule has 2 heteroatoms. The summed E-state index contributed by atoms with van der Waals surface area (Å²) in [6, 6.07) is 11.5. The van der Waals surface area contributed by atoms with Gasteiger partial charge >= 0.3 is 0 Å². The van der Waals surface area contributed by atoms with Crippen LogP contribution in [0.1, 0.15) is 27.2 Å². The molecule has 0 bridgehead atoms. The lowest BCUT2D eigenvalue weighted by Gasteiger charge is -2.10. The van der Waals surface area contributed by atoms with Crippen molar-refractivity contribution in [3.05, 3.63) is 65.0 Å². The van der Waals surface area contributed by atoms with Gasteiger partial charge in [-0.25, -0.2) is 0 Å². The Morgan fingerprint density at radius 3 is 2.82 bits per heavy atom. The summed E-state index contributed by atoms with van der Waals surface area (Å²) in [5, 5.41) is 0. The van der Waals surface area contributed by atoms with E-state index >= 15 is 0 Å². The number of aromatic nitrogens is 1. The monoisotopic (exact) mass is 221 g/mol. The molecule has 0 unspecified atom stereocenters. The number of nitrogens with zero attached hydrogens (tertiary/aromatic N) is 1. The molecule has 1 aromatic carbocycles. The van der Waals surface area contributed by atoms with Crippen LogP contribution in [0.2, 0.25) is 0 Å². The van der Waals surface area contributed by atoms with Gasteiger partial charge in [0.25, 0.3) is 0 Å². The van der Waals surface area contributed by atoms with E-state index in [-0.39, 0.29) is 5.78 Å². The standard InChI is InChI=1S/C15H11NO/c17-15-10-12-5-3-9-16-14(12)8-7-11-4-1-2-6-13(11)15/h1-9H,10H2/b8-7-. The molecule has 1 aromatic heterocycles. The molecule has 1 aliphatic carbocycles. The summed E-state index contributed by atoms with van der Waals surface area (Å²) >= 11 is 0. The zero-order valence-electron chi connectivity index (χ0n) is 9.26. The Hall–Kier alpha value is -2.22. The number of carbonyl (C=O) groups is 1. The van der Waals surface area contributed by atoms with E-state index in [0.717, 1.165) is 22.4 Å². The normalized spacial score (nSPS) is 15.4. The summed E-state index contributed by atoms with van der Waals surface area (Å²) in [7, 11) is 0. The number of carbonyl (C=O) groups excluding carboxylic acids is 1. The minimum atomic E-state index is 0.152. The van der Waals surface area contributed by atoms with Gasteiger partial charge in [-0.2, -0.15) is 0 Å². The molecule has 0 amide bonds. The van der Waals surface area contributed by atoms with Crippen molar-refractivity contribution in [1.82, 2.24) is 4.98 Å². The fourth-order valence-corrected chi connectivity index (χ4v) is 2.08. The first-order valence-electron chi connectivity index (χ1n) is 5.59. The van der Waals surface area contributed by atoms with Crippen LogP contribution >= 0.6 is 0 Å². The van der Waals surface area contributed by atoms with E-state index in [1.807, 2.05) is 48.6 Å². The van der Waals surface area contributed by atoms with Crippen LogP contribution in [0.25, 0.3) is 12.2 Å². The molecule has 0 saturated heterocycles. The van der Waals surface area contributed by atoms with E-state index in [0.29, 0.717) is 6.42 Å². The third kappa shape index (κ3) is 1.78. The first-order chi connectivity index (χ1) is 8.34. The Morgan fingerprint density at radius 1 is 1.00 bits per heavy atom. The van der Waals surface area contributed by atoms with Crippen LogP contribution < -0.4 is 0 Å². The third-order valence-electron chi connectivity index (χ3n) is 2.96. The molecule has 1 aliphatic rings. The number of hydrogen-bond acceptors (Lipinski definition) is 2. The van der Waals surface area contributed by atoms with Gasteiger partial charge in [0.2, 0.25) is 0 Å². The van der Waals surface area contributed by atoms with E-state index in [1.165, 1.54) is 0 Å². The van der Waals surface area contributed by atoms with Crippen molar-refractivity contribution in [3.8, 4) is 0 Å². The maximum atomic E-state index is 12.2. The number of pyridine rings is 1. The van der Waals surface area contributed by atoms with E-state index in [9.17, 15) is 4.79 Å². The second kappa shape index (κ2) is 3.98. The van der Waals surface area contributed by atoms with Crippen LogP contribution in [-0.2, 0) is 6.42 Å². The fraction of sp³-hybridized carbons (Fsp3) is 0.0667. The molecule has 0 aliphatic heterocycles. The molecular formula is C15H11NO. The number of hydrogen-bond donors (Lipinski definition) is 0. The van der Waals surface area contributed by atoms with Gasteiger partial charge in [-0.3, -0.25) is 9.78 Å². The maximum absolute atomic E-state index is 12.2. The van der Waals surface area contributed by atoms with E-state index in [2.05, 4.69) is 4.98 Å². The molecule has 0 radical (unpaired) electrons. The van der Waals surface area contributed by atoms with Gasteiger partial charge in [0.1, 0.15) is 0 Å². The average Bonchev–Trinajstić information content (AvgIpc) is 2.36. The molecule has 0 fully saturated rings. The predicted molar refractivity (Wildman–Crippen MR) is 67.6 cm³/mol. The number of rotatable bonds is 0. The second-order valence-corrected chi connectivity index (χ2v) is 4.07. The van der Waals surface area contributed by atoms with Gasteiger partial charge in [0.05, 0.1) is 5.69 Å². The fourth-order valence-electron chi connectivity index (χ4n) is 2.08. The SMILES string of the molecule is O=C1Cc2cccnc2/C=C\c2ccccc21. The highest BCUT2D eigenvalue weighted by Gasteiger charge is 2.14. The lowest BCUT2D eigenvalue weighted by molar-refractivity contribution is 0.0992. The van der Waals surface area contributed by atoms with Crippen molar-refractivity contribution >= 4 is 17.9 Å². The highest BCUT2D eigenvalue weighted by Crippen LogP contribution is 2.20. The Kier molecular flexibility index (Phi) is 2.33. The second-order valence-electron chi connectivity index (χ2n) is 4.07. The number of ketones is 1. The number of fused-ring (bicyclic) bond motifs is 2. The Balaban J connectivity index is 2.19. The largest absolute Gasteiger partial charge is 0.294 e. The van der Waals surface area contributed by atoms with Gasteiger partial charge in [0, 0.05) is 18.2 Å². The molecule has 0 saturated carbocycles. The smallest absolute Gasteiger partial charge is 0.167 e. The molecule has 0 atom stereocenters. The molecule has 17 heavy (non-hydrogen) atoms. The van der Waals surface area contributed by atoms with Gasteiger partial charge in [-0.05, 0) is 23.3 Å². The van der Waals surface area contributed by atoms with Gasteiger partial charge < -0.3 is 0 Å². The summed E-state index contributed by atoms with van der Waals surface area (Å²) in [6.07, 6.45) is 6.10. The van der Waals surface area contributed by atoms with Crippen LogP contribution in [0.15, 0.2) is 42.6 Å². The lowest BCUT2D eigenvalue weighted by Crippen LogP contribution is -2.08. The molecule has 0 N–H and O–H groups in total. The molecule has 2 nitrogen and oxygen atoms in total. The minimum Gasteiger partial charge on any atom is -0.294 e. The average molecular weight is 221 g/mol. The van der Waals surface area contributed by atoms with Crippen LogP contribution in [0.3, 0.4) is 0 Å². The van der Waals surface area contributed by atoms with Gasteiger partial charge in [0.15, 0.2) is 5.78 Å². The molecule has 82 valence electrons. The number of benzene rings is 1. The van der Waals surface area contributed by atoms with Crippen LogP contribution in [-0.4, -0.2) is 10.8 Å².